The fourth-order valence-electron chi connectivity index (χ4n) is 3.43. The fraction of sp³-hybridized carbons (Fsp3) is 0.276. The van der Waals surface area contributed by atoms with E-state index in [1.54, 1.807) is 51.1 Å². The van der Waals surface area contributed by atoms with Gasteiger partial charge in [-0.1, -0.05) is 36.4 Å². The zero-order valence-electron chi connectivity index (χ0n) is 21.5. The van der Waals surface area contributed by atoms with Gasteiger partial charge in [-0.25, -0.2) is 14.4 Å². The third-order valence-corrected chi connectivity index (χ3v) is 5.06. The average Bonchev–Trinajstić information content (AvgIpc) is 2.89. The second-order valence-corrected chi connectivity index (χ2v) is 9.09. The molecule has 0 unspecified atom stereocenters. The summed E-state index contributed by atoms with van der Waals surface area (Å²) in [6, 6.07) is 19.3. The SMILES string of the molecule is COC(=O)c1cc(OCC(=O)OC(C)(C)C)cc(-c2ccc(C(=O)OC)c(OCc3ccccc3)c2)c1. The number of rotatable bonds is 9. The number of hydrogen-bond donors (Lipinski definition) is 0. The highest BCUT2D eigenvalue weighted by Crippen LogP contribution is 2.32. The molecule has 0 fully saturated rings. The molecule has 8 nitrogen and oxygen atoms in total. The molecule has 3 rings (SSSR count). The summed E-state index contributed by atoms with van der Waals surface area (Å²) < 4.78 is 26.7. The first kappa shape index (κ1) is 27.3. The molecule has 0 aliphatic heterocycles. The standard InChI is InChI=1S/C29H30O8/c1-29(2,3)37-26(30)18-35-23-14-21(13-22(15-23)27(31)33-4)20-11-12-24(28(32)34-5)25(16-20)36-17-19-9-7-6-8-10-19/h6-16H,17-18H2,1-5H3. The quantitative estimate of drug-likeness (QED) is 0.288. The molecule has 8 heteroatoms. The Morgan fingerprint density at radius 1 is 0.757 bits per heavy atom. The highest BCUT2D eigenvalue weighted by atomic mass is 16.6. The monoisotopic (exact) mass is 506 g/mol. The van der Waals surface area contributed by atoms with Gasteiger partial charge in [-0.15, -0.1) is 0 Å². The molecule has 0 heterocycles. The summed E-state index contributed by atoms with van der Waals surface area (Å²) in [7, 11) is 2.57. The molecule has 0 bridgehead atoms. The maximum atomic E-state index is 12.4. The first-order chi connectivity index (χ1) is 17.6. The zero-order chi connectivity index (χ0) is 27.0. The minimum Gasteiger partial charge on any atom is -0.488 e. The minimum atomic E-state index is -0.656. The Morgan fingerprint density at radius 3 is 2.11 bits per heavy atom. The number of esters is 3. The molecule has 0 N–H and O–H groups in total. The van der Waals surface area contributed by atoms with E-state index in [9.17, 15) is 14.4 Å². The van der Waals surface area contributed by atoms with Gasteiger partial charge in [0.05, 0.1) is 19.8 Å². The summed E-state index contributed by atoms with van der Waals surface area (Å²) in [6.45, 7) is 5.18. The molecule has 0 radical (unpaired) electrons. The topological polar surface area (TPSA) is 97.4 Å². The van der Waals surface area contributed by atoms with Crippen LogP contribution in [0.1, 0.15) is 47.1 Å². The predicted octanol–water partition coefficient (Wildman–Crippen LogP) is 5.23. The van der Waals surface area contributed by atoms with Crippen LogP contribution in [0.4, 0.5) is 0 Å². The maximum Gasteiger partial charge on any atom is 0.344 e. The first-order valence-electron chi connectivity index (χ1n) is 11.6. The number of carbonyl (C=O) groups is 3. The van der Waals surface area contributed by atoms with E-state index in [2.05, 4.69) is 0 Å². The largest absolute Gasteiger partial charge is 0.488 e. The van der Waals surface area contributed by atoms with Crippen LogP contribution in [-0.2, 0) is 25.6 Å². The molecule has 0 aliphatic carbocycles. The van der Waals surface area contributed by atoms with E-state index in [0.29, 0.717) is 16.9 Å². The third-order valence-electron chi connectivity index (χ3n) is 5.06. The van der Waals surface area contributed by atoms with Gasteiger partial charge in [-0.2, -0.15) is 0 Å². The van der Waals surface area contributed by atoms with Gasteiger partial charge in [0.2, 0.25) is 0 Å². The molecule has 0 saturated carbocycles. The molecule has 0 aliphatic rings. The number of hydrogen-bond acceptors (Lipinski definition) is 8. The summed E-state index contributed by atoms with van der Waals surface area (Å²) in [5.74, 6) is -1.08. The van der Waals surface area contributed by atoms with E-state index in [-0.39, 0.29) is 30.1 Å². The van der Waals surface area contributed by atoms with Gasteiger partial charge in [-0.3, -0.25) is 0 Å². The van der Waals surface area contributed by atoms with Crippen LogP contribution in [0, 0.1) is 0 Å². The lowest BCUT2D eigenvalue weighted by atomic mass is 10.0. The Kier molecular flexibility index (Phi) is 8.90. The second-order valence-electron chi connectivity index (χ2n) is 9.09. The van der Waals surface area contributed by atoms with E-state index >= 15 is 0 Å². The van der Waals surface area contributed by atoms with E-state index in [0.717, 1.165) is 5.56 Å². The van der Waals surface area contributed by atoms with Crippen molar-refractivity contribution in [2.75, 3.05) is 20.8 Å². The minimum absolute atomic E-state index is 0.225. The van der Waals surface area contributed by atoms with Gasteiger partial charge >= 0.3 is 17.9 Å². The van der Waals surface area contributed by atoms with Crippen LogP contribution >= 0.6 is 0 Å². The van der Waals surface area contributed by atoms with Crippen molar-refractivity contribution in [3.8, 4) is 22.6 Å². The van der Waals surface area contributed by atoms with Crippen LogP contribution in [0.2, 0.25) is 0 Å². The lowest BCUT2D eigenvalue weighted by molar-refractivity contribution is -0.157. The molecule has 0 amide bonds. The van der Waals surface area contributed by atoms with Crippen molar-refractivity contribution in [2.45, 2.75) is 33.0 Å². The molecule has 0 spiro atoms. The first-order valence-corrected chi connectivity index (χ1v) is 11.6. The normalized spacial score (nSPS) is 10.8. The summed E-state index contributed by atoms with van der Waals surface area (Å²) >= 11 is 0. The Morgan fingerprint density at radius 2 is 1.46 bits per heavy atom. The molecule has 194 valence electrons. The van der Waals surface area contributed by atoms with Crippen LogP contribution in [0.25, 0.3) is 11.1 Å². The van der Waals surface area contributed by atoms with Crippen LogP contribution in [-0.4, -0.2) is 44.3 Å². The van der Waals surface area contributed by atoms with E-state index in [1.165, 1.54) is 20.3 Å². The van der Waals surface area contributed by atoms with Crippen LogP contribution < -0.4 is 9.47 Å². The highest BCUT2D eigenvalue weighted by molar-refractivity contribution is 5.94. The Hall–Kier alpha value is -4.33. The van der Waals surface area contributed by atoms with Crippen LogP contribution in [0.3, 0.4) is 0 Å². The van der Waals surface area contributed by atoms with Crippen molar-refractivity contribution in [1.82, 2.24) is 0 Å². The number of carbonyl (C=O) groups excluding carboxylic acids is 3. The van der Waals surface area contributed by atoms with E-state index in [1.807, 2.05) is 30.3 Å². The lowest BCUT2D eigenvalue weighted by Crippen LogP contribution is -2.27. The predicted molar refractivity (Wildman–Crippen MR) is 137 cm³/mol. The molecular formula is C29H30O8. The molecule has 3 aromatic carbocycles. The van der Waals surface area contributed by atoms with Crippen molar-refractivity contribution in [3.63, 3.8) is 0 Å². The van der Waals surface area contributed by atoms with Gasteiger partial charge in [0.1, 0.15) is 29.3 Å². The summed E-state index contributed by atoms with van der Waals surface area (Å²) in [6.07, 6.45) is 0. The van der Waals surface area contributed by atoms with Crippen molar-refractivity contribution >= 4 is 17.9 Å². The van der Waals surface area contributed by atoms with Gasteiger partial charge < -0.3 is 23.7 Å². The number of benzene rings is 3. The summed E-state index contributed by atoms with van der Waals surface area (Å²) in [5, 5.41) is 0. The molecule has 0 aromatic heterocycles. The lowest BCUT2D eigenvalue weighted by Gasteiger charge is -2.19. The van der Waals surface area contributed by atoms with Gasteiger partial charge in [0.15, 0.2) is 6.61 Å². The van der Waals surface area contributed by atoms with E-state index < -0.39 is 23.5 Å². The van der Waals surface area contributed by atoms with Gasteiger partial charge in [0, 0.05) is 0 Å². The van der Waals surface area contributed by atoms with Crippen molar-refractivity contribution in [1.29, 1.82) is 0 Å². The fourth-order valence-corrected chi connectivity index (χ4v) is 3.43. The van der Waals surface area contributed by atoms with E-state index in [4.69, 9.17) is 23.7 Å². The number of methoxy groups -OCH3 is 2. The average molecular weight is 507 g/mol. The Labute approximate surface area is 216 Å². The molecule has 3 aromatic rings. The van der Waals surface area contributed by atoms with Crippen LogP contribution in [0.5, 0.6) is 11.5 Å². The van der Waals surface area contributed by atoms with Crippen LogP contribution in [0.15, 0.2) is 66.7 Å². The zero-order valence-corrected chi connectivity index (χ0v) is 21.5. The van der Waals surface area contributed by atoms with Gasteiger partial charge in [0.25, 0.3) is 0 Å². The Balaban J connectivity index is 1.95. The third kappa shape index (κ3) is 7.83. The smallest absolute Gasteiger partial charge is 0.344 e. The second kappa shape index (κ2) is 12.1. The maximum absolute atomic E-state index is 12.4. The van der Waals surface area contributed by atoms with Crippen molar-refractivity contribution in [3.05, 3.63) is 83.4 Å². The Bertz CT molecular complexity index is 1260. The number of ether oxygens (including phenoxy) is 5. The summed E-state index contributed by atoms with van der Waals surface area (Å²) in [4.78, 5) is 36.8. The molecule has 0 atom stereocenters. The highest BCUT2D eigenvalue weighted by Gasteiger charge is 2.19. The molecule has 37 heavy (non-hydrogen) atoms. The summed E-state index contributed by atoms with van der Waals surface area (Å²) in [5.41, 5.74) is 1.98. The molecule has 0 saturated heterocycles. The van der Waals surface area contributed by atoms with Crippen molar-refractivity contribution < 1.29 is 38.1 Å². The van der Waals surface area contributed by atoms with Crippen molar-refractivity contribution in [2.24, 2.45) is 0 Å². The van der Waals surface area contributed by atoms with Gasteiger partial charge in [-0.05, 0) is 67.8 Å². The molecular weight excluding hydrogens is 476 g/mol.